The summed E-state index contributed by atoms with van der Waals surface area (Å²) in [5.41, 5.74) is 4.03. The first-order chi connectivity index (χ1) is 13.3. The lowest BCUT2D eigenvalue weighted by molar-refractivity contribution is 0.0992. The smallest absolute Gasteiger partial charge is 0.171 e. The van der Waals surface area contributed by atoms with Crippen molar-refractivity contribution in [3.8, 4) is 22.8 Å². The van der Waals surface area contributed by atoms with Gasteiger partial charge in [-0.2, -0.15) is 0 Å². The zero-order chi connectivity index (χ0) is 18.5. The van der Waals surface area contributed by atoms with Crippen LogP contribution in [0.25, 0.3) is 22.8 Å². The van der Waals surface area contributed by atoms with Crippen LogP contribution < -0.4 is 0 Å². The Labute approximate surface area is 156 Å². The van der Waals surface area contributed by atoms with Gasteiger partial charge in [-0.15, -0.1) is 0 Å². The van der Waals surface area contributed by atoms with Crippen molar-refractivity contribution < 1.29 is 4.79 Å². The van der Waals surface area contributed by atoms with Crippen LogP contribution in [0.1, 0.15) is 16.1 Å². The van der Waals surface area contributed by atoms with E-state index in [0.29, 0.717) is 22.6 Å². The van der Waals surface area contributed by atoms with Gasteiger partial charge in [-0.1, -0.05) is 18.2 Å². The number of ketones is 1. The van der Waals surface area contributed by atoms with Crippen molar-refractivity contribution in [2.45, 2.75) is 6.42 Å². The summed E-state index contributed by atoms with van der Waals surface area (Å²) in [6, 6.07) is 20.4. The van der Waals surface area contributed by atoms with E-state index in [0.717, 1.165) is 11.4 Å². The topological polar surface area (TPSA) is 68.6 Å². The van der Waals surface area contributed by atoms with Crippen molar-refractivity contribution in [2.24, 2.45) is 0 Å². The molecule has 4 aromatic heterocycles. The van der Waals surface area contributed by atoms with Crippen molar-refractivity contribution in [3.63, 3.8) is 0 Å². The van der Waals surface area contributed by atoms with Crippen LogP contribution in [0.5, 0.6) is 0 Å². The summed E-state index contributed by atoms with van der Waals surface area (Å²) in [6.07, 6.45) is 5.27. The Balaban J connectivity index is 1.63. The highest BCUT2D eigenvalue weighted by Gasteiger charge is 2.16. The van der Waals surface area contributed by atoms with Crippen LogP contribution in [-0.4, -0.2) is 25.7 Å². The number of Topliss-reactive ketones (excluding diaryl/α,β-unsaturated/α-hetero) is 1. The molecule has 0 radical (unpaired) electrons. The third kappa shape index (κ3) is 3.77. The summed E-state index contributed by atoms with van der Waals surface area (Å²) in [7, 11) is 0. The summed E-state index contributed by atoms with van der Waals surface area (Å²) in [6.45, 7) is 0. The molecule has 0 N–H and O–H groups in total. The molecule has 0 saturated heterocycles. The monoisotopic (exact) mass is 352 g/mol. The molecule has 0 aromatic carbocycles. The first-order valence-electron chi connectivity index (χ1n) is 8.58. The van der Waals surface area contributed by atoms with E-state index in [-0.39, 0.29) is 12.2 Å². The van der Waals surface area contributed by atoms with E-state index in [1.165, 1.54) is 0 Å². The van der Waals surface area contributed by atoms with Crippen molar-refractivity contribution in [1.29, 1.82) is 0 Å². The van der Waals surface area contributed by atoms with Gasteiger partial charge >= 0.3 is 0 Å². The van der Waals surface area contributed by atoms with Gasteiger partial charge < -0.3 is 0 Å². The summed E-state index contributed by atoms with van der Waals surface area (Å²) in [5.74, 6) is -0.0468. The lowest BCUT2D eigenvalue weighted by Gasteiger charge is -2.08. The molecule has 0 saturated carbocycles. The van der Waals surface area contributed by atoms with Gasteiger partial charge in [-0.25, -0.2) is 0 Å². The molecule has 0 spiro atoms. The molecule has 0 amide bonds. The van der Waals surface area contributed by atoms with Gasteiger partial charge in [0.25, 0.3) is 0 Å². The third-order valence-corrected chi connectivity index (χ3v) is 4.09. The predicted octanol–water partition coefficient (Wildman–Crippen LogP) is 4.03. The molecule has 130 valence electrons. The molecule has 0 aliphatic rings. The van der Waals surface area contributed by atoms with E-state index < -0.39 is 0 Å². The highest BCUT2D eigenvalue weighted by Crippen LogP contribution is 2.21. The summed E-state index contributed by atoms with van der Waals surface area (Å²) in [4.78, 5) is 30.5. The Bertz CT molecular complexity index is 1070. The maximum atomic E-state index is 12.9. The quantitative estimate of drug-likeness (QED) is 0.507. The van der Waals surface area contributed by atoms with Crippen molar-refractivity contribution in [2.75, 3.05) is 0 Å². The third-order valence-electron chi connectivity index (χ3n) is 4.09. The molecule has 0 aliphatic heterocycles. The van der Waals surface area contributed by atoms with Gasteiger partial charge in [0.15, 0.2) is 5.78 Å². The van der Waals surface area contributed by atoms with Crippen LogP contribution in [0, 0.1) is 0 Å². The number of aromatic nitrogens is 4. The van der Waals surface area contributed by atoms with Crippen LogP contribution in [0.2, 0.25) is 0 Å². The standard InChI is InChI=1S/C22H16N4O/c27-21(17-8-6-14-25-22(17)20-10-2-4-13-24-20)15-16-7-5-11-19(26-16)18-9-1-3-12-23-18/h1-14H,15H2. The van der Waals surface area contributed by atoms with E-state index in [1.54, 1.807) is 30.7 Å². The largest absolute Gasteiger partial charge is 0.294 e. The summed E-state index contributed by atoms with van der Waals surface area (Å²) >= 11 is 0. The first-order valence-corrected chi connectivity index (χ1v) is 8.58. The van der Waals surface area contributed by atoms with E-state index in [9.17, 15) is 4.79 Å². The van der Waals surface area contributed by atoms with Gasteiger partial charge in [-0.05, 0) is 48.5 Å². The van der Waals surface area contributed by atoms with E-state index in [2.05, 4.69) is 19.9 Å². The molecule has 0 unspecified atom stereocenters. The molecular formula is C22H16N4O. The van der Waals surface area contributed by atoms with Gasteiger partial charge in [0, 0.05) is 29.8 Å². The minimum atomic E-state index is -0.0468. The van der Waals surface area contributed by atoms with Crippen molar-refractivity contribution in [3.05, 3.63) is 96.6 Å². The Morgan fingerprint density at radius 3 is 2.11 bits per heavy atom. The lowest BCUT2D eigenvalue weighted by Crippen LogP contribution is -2.08. The minimum absolute atomic E-state index is 0.0468. The normalized spacial score (nSPS) is 10.5. The fourth-order valence-corrected chi connectivity index (χ4v) is 2.83. The van der Waals surface area contributed by atoms with Crippen LogP contribution in [0.3, 0.4) is 0 Å². The molecule has 0 aliphatic carbocycles. The Morgan fingerprint density at radius 2 is 1.37 bits per heavy atom. The summed E-state index contributed by atoms with van der Waals surface area (Å²) < 4.78 is 0. The number of hydrogen-bond acceptors (Lipinski definition) is 5. The second-order valence-corrected chi connectivity index (χ2v) is 5.94. The lowest BCUT2D eigenvalue weighted by atomic mass is 10.0. The fraction of sp³-hybridized carbons (Fsp3) is 0.0455. The van der Waals surface area contributed by atoms with Crippen LogP contribution in [0.15, 0.2) is 85.3 Å². The molecular weight excluding hydrogens is 336 g/mol. The molecule has 0 fully saturated rings. The minimum Gasteiger partial charge on any atom is -0.294 e. The van der Waals surface area contributed by atoms with Crippen molar-refractivity contribution >= 4 is 5.78 Å². The predicted molar refractivity (Wildman–Crippen MR) is 103 cm³/mol. The van der Waals surface area contributed by atoms with E-state index >= 15 is 0 Å². The maximum Gasteiger partial charge on any atom is 0.171 e. The Morgan fingerprint density at radius 1 is 0.667 bits per heavy atom. The van der Waals surface area contributed by atoms with Gasteiger partial charge in [0.1, 0.15) is 0 Å². The average Bonchev–Trinajstić information content (AvgIpc) is 2.75. The van der Waals surface area contributed by atoms with E-state index in [4.69, 9.17) is 0 Å². The van der Waals surface area contributed by atoms with Crippen LogP contribution in [0.4, 0.5) is 0 Å². The number of rotatable bonds is 5. The second kappa shape index (κ2) is 7.66. The number of pyridine rings is 4. The highest BCUT2D eigenvalue weighted by molar-refractivity contribution is 6.02. The molecule has 4 heterocycles. The number of hydrogen-bond donors (Lipinski definition) is 0. The van der Waals surface area contributed by atoms with Gasteiger partial charge in [-0.3, -0.25) is 24.7 Å². The number of carbonyl (C=O) groups is 1. The molecule has 0 bridgehead atoms. The zero-order valence-corrected chi connectivity index (χ0v) is 14.5. The zero-order valence-electron chi connectivity index (χ0n) is 14.5. The Hall–Kier alpha value is -3.73. The molecule has 5 heteroatoms. The number of nitrogens with zero attached hydrogens (tertiary/aromatic N) is 4. The first kappa shape index (κ1) is 16.7. The number of carbonyl (C=O) groups excluding carboxylic acids is 1. The molecule has 27 heavy (non-hydrogen) atoms. The fourth-order valence-electron chi connectivity index (χ4n) is 2.83. The van der Waals surface area contributed by atoms with Gasteiger partial charge in [0.05, 0.1) is 29.2 Å². The van der Waals surface area contributed by atoms with Gasteiger partial charge in [0.2, 0.25) is 0 Å². The molecule has 4 rings (SSSR count). The Kier molecular flexibility index (Phi) is 4.74. The maximum absolute atomic E-state index is 12.9. The second-order valence-electron chi connectivity index (χ2n) is 5.94. The summed E-state index contributed by atoms with van der Waals surface area (Å²) in [5, 5.41) is 0. The SMILES string of the molecule is O=C(Cc1cccc(-c2ccccn2)n1)c1cccnc1-c1ccccn1. The van der Waals surface area contributed by atoms with E-state index in [1.807, 2.05) is 54.6 Å². The molecule has 4 aromatic rings. The van der Waals surface area contributed by atoms with Crippen molar-refractivity contribution in [1.82, 2.24) is 19.9 Å². The van der Waals surface area contributed by atoms with Crippen LogP contribution >= 0.6 is 0 Å². The molecule has 5 nitrogen and oxygen atoms in total. The average molecular weight is 352 g/mol. The highest BCUT2D eigenvalue weighted by atomic mass is 16.1. The van der Waals surface area contributed by atoms with Crippen LogP contribution in [-0.2, 0) is 6.42 Å². The molecule has 0 atom stereocenters.